The summed E-state index contributed by atoms with van der Waals surface area (Å²) < 4.78 is 14.5. The molecule has 3 aromatic carbocycles. The third-order valence-corrected chi connectivity index (χ3v) is 7.95. The summed E-state index contributed by atoms with van der Waals surface area (Å²) in [5.41, 5.74) is 9.47. The van der Waals surface area contributed by atoms with Gasteiger partial charge in [0, 0.05) is 30.5 Å². The number of carbonyl (C=O) groups excluding carboxylic acids is 3. The van der Waals surface area contributed by atoms with E-state index < -0.39 is 11.9 Å². The third kappa shape index (κ3) is 8.70. The first kappa shape index (κ1) is 33.2. The summed E-state index contributed by atoms with van der Waals surface area (Å²) in [5, 5.41) is 22.3. The summed E-state index contributed by atoms with van der Waals surface area (Å²) in [4.78, 5) is 38.1. The molecule has 0 unspecified atom stereocenters. The molecule has 1 aliphatic carbocycles. The van der Waals surface area contributed by atoms with Gasteiger partial charge in [0.25, 0.3) is 0 Å². The lowest BCUT2D eigenvalue weighted by Gasteiger charge is -2.28. The SMILES string of the molecule is CC(=O)Nc1ccc(-c2ccc(C[C@H](NC(=O)C3CCC(CN)CC3)C(=O)Nc3ccc(-c4nn[nH]n4)cc3)cc2)cc1F.Cl. The van der Waals surface area contributed by atoms with E-state index in [0.29, 0.717) is 29.5 Å². The predicted molar refractivity (Wildman–Crippen MR) is 172 cm³/mol. The van der Waals surface area contributed by atoms with E-state index >= 15 is 0 Å². The highest BCUT2D eigenvalue weighted by Crippen LogP contribution is 2.29. The number of tetrazole rings is 1. The number of nitrogens with one attached hydrogen (secondary N) is 4. The van der Waals surface area contributed by atoms with E-state index in [0.717, 1.165) is 42.4 Å². The molecule has 0 aliphatic heterocycles. The highest BCUT2D eigenvalue weighted by atomic mass is 35.5. The number of halogens is 2. The van der Waals surface area contributed by atoms with Crippen molar-refractivity contribution >= 4 is 41.5 Å². The van der Waals surface area contributed by atoms with Crippen LogP contribution in [0.5, 0.6) is 0 Å². The second-order valence-corrected chi connectivity index (χ2v) is 11.1. The van der Waals surface area contributed by atoms with Gasteiger partial charge < -0.3 is 21.7 Å². The minimum absolute atomic E-state index is 0. The molecule has 0 spiro atoms. The van der Waals surface area contributed by atoms with Crippen LogP contribution in [-0.2, 0) is 20.8 Å². The minimum Gasteiger partial charge on any atom is -0.344 e. The highest BCUT2D eigenvalue weighted by Gasteiger charge is 2.29. The van der Waals surface area contributed by atoms with Gasteiger partial charge in [0.2, 0.25) is 23.5 Å². The van der Waals surface area contributed by atoms with Gasteiger partial charge in [0.1, 0.15) is 11.9 Å². The topological polar surface area (TPSA) is 168 Å². The Morgan fingerprint density at radius 3 is 2.20 bits per heavy atom. The molecular weight excluding hydrogens is 599 g/mol. The number of aromatic amines is 1. The van der Waals surface area contributed by atoms with E-state index in [1.807, 2.05) is 24.3 Å². The molecule has 45 heavy (non-hydrogen) atoms. The molecule has 5 rings (SSSR count). The fourth-order valence-corrected chi connectivity index (χ4v) is 5.43. The average Bonchev–Trinajstić information content (AvgIpc) is 3.57. The van der Waals surface area contributed by atoms with E-state index in [1.54, 1.807) is 30.3 Å². The van der Waals surface area contributed by atoms with Crippen LogP contribution in [0.25, 0.3) is 22.5 Å². The molecule has 1 aromatic heterocycles. The fraction of sp³-hybridized carbons (Fsp3) is 0.312. The van der Waals surface area contributed by atoms with E-state index in [9.17, 15) is 18.8 Å². The zero-order valence-electron chi connectivity index (χ0n) is 24.8. The first-order valence-electron chi connectivity index (χ1n) is 14.6. The Hall–Kier alpha value is -4.68. The largest absolute Gasteiger partial charge is 0.344 e. The Kier molecular flexibility index (Phi) is 11.3. The van der Waals surface area contributed by atoms with Crippen LogP contribution in [0.3, 0.4) is 0 Å². The highest BCUT2D eigenvalue weighted by molar-refractivity contribution is 5.98. The third-order valence-electron chi connectivity index (χ3n) is 7.95. The van der Waals surface area contributed by atoms with E-state index in [-0.39, 0.29) is 48.2 Å². The van der Waals surface area contributed by atoms with Gasteiger partial charge >= 0.3 is 0 Å². The van der Waals surface area contributed by atoms with Gasteiger partial charge in [-0.1, -0.05) is 30.3 Å². The quantitative estimate of drug-likeness (QED) is 0.171. The number of aromatic nitrogens is 4. The maximum absolute atomic E-state index is 14.5. The molecule has 1 fully saturated rings. The van der Waals surface area contributed by atoms with Crippen molar-refractivity contribution in [2.24, 2.45) is 17.6 Å². The number of anilines is 2. The molecule has 0 bridgehead atoms. The van der Waals surface area contributed by atoms with Crippen molar-refractivity contribution in [3.05, 3.63) is 78.1 Å². The lowest BCUT2D eigenvalue weighted by atomic mass is 9.81. The van der Waals surface area contributed by atoms with Gasteiger partial charge in [-0.05, 0) is 96.4 Å². The smallest absolute Gasteiger partial charge is 0.247 e. The summed E-state index contributed by atoms with van der Waals surface area (Å²) in [6.07, 6.45) is 3.53. The number of benzene rings is 3. The van der Waals surface area contributed by atoms with Crippen molar-refractivity contribution in [3.63, 3.8) is 0 Å². The Labute approximate surface area is 266 Å². The van der Waals surface area contributed by atoms with Gasteiger partial charge in [-0.15, -0.1) is 22.6 Å². The number of rotatable bonds is 10. The lowest BCUT2D eigenvalue weighted by Crippen LogP contribution is -2.48. The lowest BCUT2D eigenvalue weighted by molar-refractivity contribution is -0.130. The molecule has 1 aliphatic rings. The first-order chi connectivity index (χ1) is 21.3. The summed E-state index contributed by atoms with van der Waals surface area (Å²) in [6, 6.07) is 18.2. The summed E-state index contributed by atoms with van der Waals surface area (Å²) in [6.45, 7) is 1.94. The Morgan fingerprint density at radius 1 is 0.933 bits per heavy atom. The fourth-order valence-electron chi connectivity index (χ4n) is 5.43. The zero-order chi connectivity index (χ0) is 31.1. The summed E-state index contributed by atoms with van der Waals surface area (Å²) >= 11 is 0. The average molecular weight is 635 g/mol. The molecule has 236 valence electrons. The van der Waals surface area contributed by atoms with Crippen molar-refractivity contribution in [1.29, 1.82) is 0 Å². The molecule has 0 saturated heterocycles. The Morgan fingerprint density at radius 2 is 1.60 bits per heavy atom. The van der Waals surface area contributed by atoms with Crippen LogP contribution in [0.4, 0.5) is 15.8 Å². The second kappa shape index (κ2) is 15.4. The molecule has 1 heterocycles. The molecular formula is C32H36ClFN8O3. The van der Waals surface area contributed by atoms with Crippen LogP contribution < -0.4 is 21.7 Å². The van der Waals surface area contributed by atoms with Crippen molar-refractivity contribution in [2.75, 3.05) is 17.2 Å². The number of hydrogen-bond acceptors (Lipinski definition) is 7. The molecule has 11 nitrogen and oxygen atoms in total. The Bertz CT molecular complexity index is 1590. The van der Waals surface area contributed by atoms with Crippen molar-refractivity contribution in [2.45, 2.75) is 45.1 Å². The van der Waals surface area contributed by atoms with Crippen LogP contribution in [0.1, 0.15) is 38.2 Å². The molecule has 4 aromatic rings. The maximum Gasteiger partial charge on any atom is 0.247 e. The van der Waals surface area contributed by atoms with Gasteiger partial charge in [-0.25, -0.2) is 4.39 Å². The number of H-pyrrole nitrogens is 1. The number of hydrogen-bond donors (Lipinski definition) is 5. The zero-order valence-corrected chi connectivity index (χ0v) is 25.6. The molecule has 1 saturated carbocycles. The van der Waals surface area contributed by atoms with Crippen molar-refractivity contribution < 1.29 is 18.8 Å². The maximum atomic E-state index is 14.5. The monoisotopic (exact) mass is 634 g/mol. The van der Waals surface area contributed by atoms with Crippen LogP contribution in [0.2, 0.25) is 0 Å². The normalized spacial score (nSPS) is 16.6. The molecule has 0 radical (unpaired) electrons. The summed E-state index contributed by atoms with van der Waals surface area (Å²) in [5.74, 6) is -0.669. The molecule has 6 N–H and O–H groups in total. The standard InChI is InChI=1S/C32H35FN8O3.ClH/c1-19(42)35-28-15-12-25(17-27(28)33)22-6-2-20(3-7-22)16-29(37-31(43)24-8-4-21(18-34)5-9-24)32(44)36-26-13-10-23(11-14-26)30-38-40-41-39-30;/h2-3,6-7,10-15,17,21,24,29H,4-5,8-9,16,18,34H2,1H3,(H,35,42)(H,36,44)(H,37,43)(H,38,39,40,41);1H/t21?,24?,29-;/m0./s1. The number of nitrogens with two attached hydrogens (primary N) is 1. The van der Waals surface area contributed by atoms with E-state index in [1.165, 1.54) is 19.1 Å². The molecule has 1 atom stereocenters. The van der Waals surface area contributed by atoms with E-state index in [2.05, 4.69) is 36.6 Å². The molecule has 13 heteroatoms. The first-order valence-corrected chi connectivity index (χ1v) is 14.6. The Balaban J connectivity index is 0.00000461. The van der Waals surface area contributed by atoms with Gasteiger partial charge in [0.05, 0.1) is 5.69 Å². The van der Waals surface area contributed by atoms with Gasteiger partial charge in [0.15, 0.2) is 0 Å². The van der Waals surface area contributed by atoms with Crippen molar-refractivity contribution in [3.8, 4) is 22.5 Å². The molecule has 3 amide bonds. The summed E-state index contributed by atoms with van der Waals surface area (Å²) in [7, 11) is 0. The van der Waals surface area contributed by atoms with Crippen LogP contribution in [0, 0.1) is 17.7 Å². The van der Waals surface area contributed by atoms with Crippen LogP contribution >= 0.6 is 12.4 Å². The number of carbonyl (C=O) groups is 3. The van der Waals surface area contributed by atoms with Gasteiger partial charge in [-0.2, -0.15) is 5.21 Å². The number of nitrogens with zero attached hydrogens (tertiary/aromatic N) is 3. The van der Waals surface area contributed by atoms with Gasteiger partial charge in [-0.3, -0.25) is 14.4 Å². The van der Waals surface area contributed by atoms with E-state index in [4.69, 9.17) is 5.73 Å². The second-order valence-electron chi connectivity index (χ2n) is 11.1. The predicted octanol–water partition coefficient (Wildman–Crippen LogP) is 4.48. The van der Waals surface area contributed by atoms with Crippen LogP contribution in [0.15, 0.2) is 66.7 Å². The van der Waals surface area contributed by atoms with Crippen LogP contribution in [-0.4, -0.2) is 50.9 Å². The van der Waals surface area contributed by atoms with Crippen molar-refractivity contribution in [1.82, 2.24) is 25.9 Å². The number of amides is 3. The minimum atomic E-state index is -0.827.